The summed E-state index contributed by atoms with van der Waals surface area (Å²) in [6.45, 7) is 7.54. The first-order chi connectivity index (χ1) is 9.79. The molecule has 2 rings (SSSR count). The molecule has 3 N–H and O–H groups in total. The highest BCUT2D eigenvalue weighted by Crippen LogP contribution is 2.33. The van der Waals surface area contributed by atoms with Crippen molar-refractivity contribution in [3.63, 3.8) is 0 Å². The van der Waals surface area contributed by atoms with Gasteiger partial charge in [-0.1, -0.05) is 15.9 Å². The van der Waals surface area contributed by atoms with E-state index in [0.29, 0.717) is 11.6 Å². The van der Waals surface area contributed by atoms with Gasteiger partial charge >= 0.3 is 6.09 Å². The molecule has 1 atom stereocenters. The molecule has 5 nitrogen and oxygen atoms in total. The number of alkyl halides is 1. The summed E-state index contributed by atoms with van der Waals surface area (Å²) < 4.78 is 5.53. The average Bonchev–Trinajstić information content (AvgIpc) is 2.40. The predicted molar refractivity (Wildman–Crippen MR) is 86.7 cm³/mol. The molecular formula is C15H24BrN3O2. The van der Waals surface area contributed by atoms with Crippen molar-refractivity contribution < 1.29 is 9.53 Å². The first-order valence-electron chi connectivity index (χ1n) is 7.34. The zero-order valence-electron chi connectivity index (χ0n) is 12.9. The summed E-state index contributed by atoms with van der Waals surface area (Å²) in [6, 6.07) is 0. The molecule has 1 saturated heterocycles. The van der Waals surface area contributed by atoms with E-state index in [-0.39, 0.29) is 11.0 Å². The molecule has 21 heavy (non-hydrogen) atoms. The molecule has 0 aromatic heterocycles. The minimum absolute atomic E-state index is 0.345. The maximum atomic E-state index is 12.6. The van der Waals surface area contributed by atoms with Gasteiger partial charge in [-0.2, -0.15) is 0 Å². The molecule has 2 aliphatic heterocycles. The van der Waals surface area contributed by atoms with Crippen LogP contribution < -0.4 is 11.1 Å². The Balaban J connectivity index is 2.23. The van der Waals surface area contributed by atoms with Gasteiger partial charge in [-0.15, -0.1) is 0 Å². The van der Waals surface area contributed by atoms with E-state index in [1.165, 1.54) is 0 Å². The fourth-order valence-corrected chi connectivity index (χ4v) is 3.14. The quantitative estimate of drug-likeness (QED) is 0.559. The first kappa shape index (κ1) is 16.4. The third-order valence-corrected chi connectivity index (χ3v) is 4.51. The molecule has 1 amide bonds. The standard InChI is InChI=1S/C15H24BrN3O2/c1-15(2,3)21-14(20)19-12(5-4-11(17)13(19)16)10-6-8-18-9-7-10/h4-5,10,13,18H,6-9,17H2,1-3H3. The fraction of sp³-hybridized carbons (Fsp3) is 0.667. The van der Waals surface area contributed by atoms with Crippen LogP contribution in [0, 0.1) is 5.92 Å². The zero-order valence-corrected chi connectivity index (χ0v) is 14.4. The normalized spacial score (nSPS) is 24.4. The summed E-state index contributed by atoms with van der Waals surface area (Å²) in [7, 11) is 0. The number of ether oxygens (including phenoxy) is 1. The van der Waals surface area contributed by atoms with Crippen molar-refractivity contribution in [1.29, 1.82) is 0 Å². The summed E-state index contributed by atoms with van der Waals surface area (Å²) in [6.07, 6.45) is 5.49. The Kier molecular flexibility index (Phi) is 4.99. The average molecular weight is 358 g/mol. The first-order valence-corrected chi connectivity index (χ1v) is 8.25. The van der Waals surface area contributed by atoms with Crippen LogP contribution in [0.4, 0.5) is 4.79 Å². The highest BCUT2D eigenvalue weighted by Gasteiger charge is 2.36. The number of rotatable bonds is 1. The molecule has 0 radical (unpaired) electrons. The van der Waals surface area contributed by atoms with Gasteiger partial charge in [0.1, 0.15) is 10.6 Å². The number of allylic oxidation sites excluding steroid dienone is 3. The van der Waals surface area contributed by atoms with Crippen molar-refractivity contribution in [2.24, 2.45) is 11.7 Å². The minimum Gasteiger partial charge on any atom is -0.443 e. The van der Waals surface area contributed by atoms with Crippen LogP contribution in [0.15, 0.2) is 23.5 Å². The van der Waals surface area contributed by atoms with Crippen molar-refractivity contribution in [3.8, 4) is 0 Å². The predicted octanol–water partition coefficient (Wildman–Crippen LogP) is 2.68. The molecule has 118 valence electrons. The van der Waals surface area contributed by atoms with Gasteiger partial charge in [0.25, 0.3) is 0 Å². The number of nitrogens with zero attached hydrogens (tertiary/aromatic N) is 1. The summed E-state index contributed by atoms with van der Waals surface area (Å²) >= 11 is 3.51. The lowest BCUT2D eigenvalue weighted by Gasteiger charge is -2.38. The number of nitrogens with two attached hydrogens (primary N) is 1. The van der Waals surface area contributed by atoms with Gasteiger partial charge in [0.05, 0.1) is 0 Å². The van der Waals surface area contributed by atoms with E-state index in [9.17, 15) is 4.79 Å². The Bertz CT molecular complexity index is 462. The Morgan fingerprint density at radius 2 is 2.00 bits per heavy atom. The fourth-order valence-electron chi connectivity index (χ4n) is 2.58. The van der Waals surface area contributed by atoms with Gasteiger partial charge in [-0.25, -0.2) is 4.79 Å². The lowest BCUT2D eigenvalue weighted by atomic mass is 9.92. The van der Waals surface area contributed by atoms with Crippen molar-refractivity contribution >= 4 is 22.0 Å². The third-order valence-electron chi connectivity index (χ3n) is 3.57. The van der Waals surface area contributed by atoms with Crippen LogP contribution >= 0.6 is 15.9 Å². The molecule has 0 aromatic carbocycles. The summed E-state index contributed by atoms with van der Waals surface area (Å²) in [5.41, 5.74) is 7.04. The smallest absolute Gasteiger partial charge is 0.415 e. The molecule has 0 saturated carbocycles. The van der Waals surface area contributed by atoms with Gasteiger partial charge in [0, 0.05) is 17.3 Å². The van der Waals surface area contributed by atoms with E-state index >= 15 is 0 Å². The number of nitrogens with one attached hydrogen (secondary N) is 1. The Labute approximate surface area is 134 Å². The minimum atomic E-state index is -0.529. The van der Waals surface area contributed by atoms with Gasteiger partial charge in [-0.3, -0.25) is 4.90 Å². The van der Waals surface area contributed by atoms with Crippen LogP contribution in [-0.4, -0.2) is 34.6 Å². The molecule has 0 bridgehead atoms. The highest BCUT2D eigenvalue weighted by atomic mass is 79.9. The maximum Gasteiger partial charge on any atom is 0.415 e. The van der Waals surface area contributed by atoms with Crippen LogP contribution in [0.25, 0.3) is 0 Å². The second-order valence-corrected chi connectivity index (χ2v) is 7.34. The van der Waals surface area contributed by atoms with Gasteiger partial charge in [0.2, 0.25) is 0 Å². The Hall–Kier alpha value is -1.01. The Morgan fingerprint density at radius 3 is 2.57 bits per heavy atom. The van der Waals surface area contributed by atoms with E-state index in [2.05, 4.69) is 21.2 Å². The number of carbonyl (C=O) groups excluding carboxylic acids is 1. The summed E-state index contributed by atoms with van der Waals surface area (Å²) in [4.78, 5) is 13.9. The summed E-state index contributed by atoms with van der Waals surface area (Å²) in [5.74, 6) is 0.350. The zero-order chi connectivity index (χ0) is 15.6. The SMILES string of the molecule is CC(C)(C)OC(=O)N1C(C2CCNCC2)=CC=C(N)C1Br. The van der Waals surface area contributed by atoms with Crippen molar-refractivity contribution in [2.75, 3.05) is 13.1 Å². The topological polar surface area (TPSA) is 67.6 Å². The van der Waals surface area contributed by atoms with E-state index in [1.807, 2.05) is 32.9 Å². The van der Waals surface area contributed by atoms with E-state index in [0.717, 1.165) is 31.6 Å². The highest BCUT2D eigenvalue weighted by molar-refractivity contribution is 9.09. The van der Waals surface area contributed by atoms with E-state index in [1.54, 1.807) is 4.90 Å². The summed E-state index contributed by atoms with van der Waals surface area (Å²) in [5, 5.41) is 3.34. The lowest BCUT2D eigenvalue weighted by molar-refractivity contribution is 0.0285. The monoisotopic (exact) mass is 357 g/mol. The van der Waals surface area contributed by atoms with E-state index < -0.39 is 5.60 Å². The molecule has 1 unspecified atom stereocenters. The largest absolute Gasteiger partial charge is 0.443 e. The number of halogens is 1. The van der Waals surface area contributed by atoms with Crippen molar-refractivity contribution in [2.45, 2.75) is 44.2 Å². The van der Waals surface area contributed by atoms with Gasteiger partial charge in [-0.05, 0) is 58.9 Å². The van der Waals surface area contributed by atoms with Crippen LogP contribution in [-0.2, 0) is 4.74 Å². The van der Waals surface area contributed by atoms with E-state index in [4.69, 9.17) is 10.5 Å². The van der Waals surface area contributed by atoms with Crippen LogP contribution in [0.2, 0.25) is 0 Å². The van der Waals surface area contributed by atoms with Gasteiger partial charge in [0.15, 0.2) is 0 Å². The van der Waals surface area contributed by atoms with Crippen LogP contribution in [0.1, 0.15) is 33.6 Å². The number of hydrogen-bond donors (Lipinski definition) is 2. The molecule has 2 heterocycles. The number of carbonyl (C=O) groups is 1. The van der Waals surface area contributed by atoms with Crippen molar-refractivity contribution in [3.05, 3.63) is 23.5 Å². The van der Waals surface area contributed by atoms with Crippen LogP contribution in [0.3, 0.4) is 0 Å². The molecule has 1 fully saturated rings. The Morgan fingerprint density at radius 1 is 1.38 bits per heavy atom. The maximum absolute atomic E-state index is 12.6. The number of piperidine rings is 1. The molecule has 2 aliphatic rings. The molecule has 0 spiro atoms. The van der Waals surface area contributed by atoms with Crippen molar-refractivity contribution in [1.82, 2.24) is 10.2 Å². The molecule has 0 aromatic rings. The lowest BCUT2D eigenvalue weighted by Crippen LogP contribution is -2.46. The molecule has 0 aliphatic carbocycles. The second-order valence-electron chi connectivity index (χ2n) is 6.47. The number of hydrogen-bond acceptors (Lipinski definition) is 4. The van der Waals surface area contributed by atoms with Crippen LogP contribution in [0.5, 0.6) is 0 Å². The number of amides is 1. The molecule has 6 heteroatoms. The van der Waals surface area contributed by atoms with Gasteiger partial charge < -0.3 is 15.8 Å². The third kappa shape index (κ3) is 4.01. The molecular weight excluding hydrogens is 334 g/mol. The second kappa shape index (κ2) is 6.40.